The van der Waals surface area contributed by atoms with Crippen molar-refractivity contribution in [1.29, 1.82) is 0 Å². The number of amides is 2. The Bertz CT molecular complexity index is 893. The summed E-state index contributed by atoms with van der Waals surface area (Å²) >= 11 is 0. The molecule has 0 saturated carbocycles. The maximum atomic E-state index is 11.8. The van der Waals surface area contributed by atoms with Crippen molar-refractivity contribution >= 4 is 23.3 Å². The highest BCUT2D eigenvalue weighted by Crippen LogP contribution is 2.21. The highest BCUT2D eigenvalue weighted by molar-refractivity contribution is 5.92. The quantitative estimate of drug-likeness (QED) is 0.727. The first-order valence-corrected chi connectivity index (χ1v) is 10.4. The van der Waals surface area contributed by atoms with E-state index in [1.165, 1.54) is 0 Å². The van der Waals surface area contributed by atoms with E-state index in [1.54, 1.807) is 19.3 Å². The van der Waals surface area contributed by atoms with E-state index >= 15 is 0 Å². The number of pyridine rings is 2. The summed E-state index contributed by atoms with van der Waals surface area (Å²) in [7, 11) is 1.61. The van der Waals surface area contributed by atoms with Gasteiger partial charge in [0.05, 0.1) is 11.4 Å². The van der Waals surface area contributed by atoms with Gasteiger partial charge in [0, 0.05) is 52.4 Å². The molecule has 3 rings (SSSR count). The van der Waals surface area contributed by atoms with Crippen LogP contribution in [0.3, 0.4) is 0 Å². The van der Waals surface area contributed by atoms with Crippen LogP contribution in [0.25, 0.3) is 0 Å². The molecule has 0 radical (unpaired) electrons. The molecule has 1 saturated heterocycles. The Morgan fingerprint density at radius 1 is 1.13 bits per heavy atom. The molecule has 0 aromatic carbocycles. The first-order valence-electron chi connectivity index (χ1n) is 10.4. The van der Waals surface area contributed by atoms with Crippen molar-refractivity contribution in [2.75, 3.05) is 43.4 Å². The Kier molecular flexibility index (Phi) is 7.35. The van der Waals surface area contributed by atoms with Gasteiger partial charge in [0.2, 0.25) is 5.91 Å². The van der Waals surface area contributed by atoms with E-state index in [4.69, 9.17) is 0 Å². The number of carbonyl (C=O) groups is 2. The third-order valence-electron chi connectivity index (χ3n) is 5.21. The average molecular weight is 411 g/mol. The van der Waals surface area contributed by atoms with E-state index in [1.807, 2.05) is 32.0 Å². The fourth-order valence-corrected chi connectivity index (χ4v) is 3.62. The predicted molar refractivity (Wildman–Crippen MR) is 118 cm³/mol. The maximum Gasteiger partial charge on any atom is 0.269 e. The van der Waals surface area contributed by atoms with Gasteiger partial charge < -0.3 is 15.5 Å². The van der Waals surface area contributed by atoms with Gasteiger partial charge in [-0.2, -0.15) is 0 Å². The van der Waals surface area contributed by atoms with Gasteiger partial charge in [0.15, 0.2) is 0 Å². The standard InChI is InChI=1S/C22H30N6O2/c1-4-5-21(29)26-20-14-17(8-9-24-20)15-27-10-12-28(13-11-27)19-7-6-18(22(30)23-3)25-16(19)2/h6-9,14H,4-5,10-13,15H2,1-3H3,(H,23,30)(H,24,26,29). The van der Waals surface area contributed by atoms with Crippen LogP contribution >= 0.6 is 0 Å². The third-order valence-corrected chi connectivity index (χ3v) is 5.21. The lowest BCUT2D eigenvalue weighted by Gasteiger charge is -2.36. The Morgan fingerprint density at radius 2 is 1.90 bits per heavy atom. The van der Waals surface area contributed by atoms with Crippen LogP contribution in [0.2, 0.25) is 0 Å². The zero-order valence-electron chi connectivity index (χ0n) is 17.9. The van der Waals surface area contributed by atoms with E-state index in [9.17, 15) is 9.59 Å². The maximum absolute atomic E-state index is 11.8. The molecule has 0 unspecified atom stereocenters. The predicted octanol–water partition coefficient (Wildman–Crippen LogP) is 2.21. The van der Waals surface area contributed by atoms with Gasteiger partial charge in [0.1, 0.15) is 11.5 Å². The minimum atomic E-state index is -0.169. The Hall–Kier alpha value is -3.00. The van der Waals surface area contributed by atoms with Crippen molar-refractivity contribution in [1.82, 2.24) is 20.2 Å². The number of rotatable bonds is 7. The first kappa shape index (κ1) is 21.7. The van der Waals surface area contributed by atoms with Crippen LogP contribution in [0.5, 0.6) is 0 Å². The minimum Gasteiger partial charge on any atom is -0.368 e. The molecule has 0 bridgehead atoms. The number of hydrogen-bond acceptors (Lipinski definition) is 6. The molecule has 30 heavy (non-hydrogen) atoms. The zero-order chi connectivity index (χ0) is 21.5. The molecule has 1 aliphatic heterocycles. The molecule has 0 spiro atoms. The second-order valence-corrected chi connectivity index (χ2v) is 7.49. The molecule has 160 valence electrons. The third kappa shape index (κ3) is 5.54. The molecule has 0 atom stereocenters. The molecule has 8 heteroatoms. The van der Waals surface area contributed by atoms with Crippen molar-refractivity contribution in [2.45, 2.75) is 33.2 Å². The van der Waals surface area contributed by atoms with E-state index in [-0.39, 0.29) is 11.8 Å². The summed E-state index contributed by atoms with van der Waals surface area (Å²) in [6.07, 6.45) is 3.07. The molecule has 3 heterocycles. The fraction of sp³-hybridized carbons (Fsp3) is 0.455. The fourth-order valence-electron chi connectivity index (χ4n) is 3.62. The second-order valence-electron chi connectivity index (χ2n) is 7.49. The highest BCUT2D eigenvalue weighted by atomic mass is 16.2. The van der Waals surface area contributed by atoms with Gasteiger partial charge in [-0.15, -0.1) is 0 Å². The number of aryl methyl sites for hydroxylation is 1. The number of piperazine rings is 1. The summed E-state index contributed by atoms with van der Waals surface area (Å²) in [5.74, 6) is 0.446. The van der Waals surface area contributed by atoms with Gasteiger partial charge in [-0.05, 0) is 43.2 Å². The molecule has 2 aromatic heterocycles. The van der Waals surface area contributed by atoms with E-state index in [2.05, 4.69) is 30.4 Å². The monoisotopic (exact) mass is 410 g/mol. The first-order chi connectivity index (χ1) is 14.5. The van der Waals surface area contributed by atoms with Crippen LogP contribution in [0.4, 0.5) is 11.5 Å². The van der Waals surface area contributed by atoms with Crippen molar-refractivity contribution in [2.24, 2.45) is 0 Å². The second kappa shape index (κ2) is 10.2. The van der Waals surface area contributed by atoms with Crippen LogP contribution in [-0.2, 0) is 11.3 Å². The SMILES string of the molecule is CCCC(=O)Nc1cc(CN2CCN(c3ccc(C(=O)NC)nc3C)CC2)ccn1. The summed E-state index contributed by atoms with van der Waals surface area (Å²) in [6.45, 7) is 8.39. The van der Waals surface area contributed by atoms with E-state index < -0.39 is 0 Å². The van der Waals surface area contributed by atoms with Crippen LogP contribution in [0.15, 0.2) is 30.5 Å². The van der Waals surface area contributed by atoms with Crippen molar-refractivity contribution in [3.63, 3.8) is 0 Å². The van der Waals surface area contributed by atoms with Gasteiger partial charge >= 0.3 is 0 Å². The summed E-state index contributed by atoms with van der Waals surface area (Å²) in [6, 6.07) is 7.70. The molecule has 1 fully saturated rings. The summed E-state index contributed by atoms with van der Waals surface area (Å²) in [5.41, 5.74) is 3.52. The Morgan fingerprint density at radius 3 is 2.57 bits per heavy atom. The smallest absolute Gasteiger partial charge is 0.269 e. The van der Waals surface area contributed by atoms with Gasteiger partial charge in [0.25, 0.3) is 5.91 Å². The molecule has 2 N–H and O–H groups in total. The van der Waals surface area contributed by atoms with Crippen LogP contribution in [-0.4, -0.2) is 59.9 Å². The van der Waals surface area contributed by atoms with Crippen molar-refractivity contribution < 1.29 is 9.59 Å². The molecule has 1 aliphatic rings. The van der Waals surface area contributed by atoms with Crippen LogP contribution in [0, 0.1) is 6.92 Å². The summed E-state index contributed by atoms with van der Waals surface area (Å²) < 4.78 is 0. The number of carbonyl (C=O) groups excluding carboxylic acids is 2. The Balaban J connectivity index is 1.56. The number of nitrogens with zero attached hydrogens (tertiary/aromatic N) is 4. The summed E-state index contributed by atoms with van der Waals surface area (Å²) in [5, 5.41) is 5.47. The zero-order valence-corrected chi connectivity index (χ0v) is 17.9. The van der Waals surface area contributed by atoms with Crippen LogP contribution < -0.4 is 15.5 Å². The minimum absolute atomic E-state index is 0.00202. The van der Waals surface area contributed by atoms with Crippen LogP contribution in [0.1, 0.15) is 41.5 Å². The lowest BCUT2D eigenvalue weighted by atomic mass is 10.2. The van der Waals surface area contributed by atoms with Gasteiger partial charge in [-0.1, -0.05) is 6.92 Å². The molecular formula is C22H30N6O2. The Labute approximate surface area is 177 Å². The van der Waals surface area contributed by atoms with Crippen molar-refractivity contribution in [3.8, 4) is 0 Å². The number of aromatic nitrogens is 2. The van der Waals surface area contributed by atoms with Crippen molar-refractivity contribution in [3.05, 3.63) is 47.4 Å². The molecule has 8 nitrogen and oxygen atoms in total. The number of anilines is 2. The van der Waals surface area contributed by atoms with E-state index in [0.29, 0.717) is 17.9 Å². The molecule has 2 aromatic rings. The molecule has 2 amide bonds. The number of hydrogen-bond donors (Lipinski definition) is 2. The molecular weight excluding hydrogens is 380 g/mol. The normalized spacial score (nSPS) is 14.4. The highest BCUT2D eigenvalue weighted by Gasteiger charge is 2.20. The largest absolute Gasteiger partial charge is 0.368 e. The van der Waals surface area contributed by atoms with Gasteiger partial charge in [-0.25, -0.2) is 9.97 Å². The van der Waals surface area contributed by atoms with Gasteiger partial charge in [-0.3, -0.25) is 14.5 Å². The topological polar surface area (TPSA) is 90.5 Å². The molecule has 0 aliphatic carbocycles. The van der Waals surface area contributed by atoms with E-state index in [0.717, 1.165) is 56.1 Å². The summed E-state index contributed by atoms with van der Waals surface area (Å²) in [4.78, 5) is 37.0. The number of nitrogens with one attached hydrogen (secondary N) is 2. The average Bonchev–Trinajstić information content (AvgIpc) is 2.74. The lowest BCUT2D eigenvalue weighted by molar-refractivity contribution is -0.116. The lowest BCUT2D eigenvalue weighted by Crippen LogP contribution is -2.46.